The van der Waals surface area contributed by atoms with E-state index in [-0.39, 0.29) is 0 Å². The van der Waals surface area contributed by atoms with Crippen molar-refractivity contribution in [2.24, 2.45) is 0 Å². The Morgan fingerprint density at radius 3 is 1.49 bits per heavy atom. The van der Waals surface area contributed by atoms with Crippen LogP contribution in [0.3, 0.4) is 0 Å². The zero-order chi connectivity index (χ0) is 36.1. The van der Waals surface area contributed by atoms with Crippen molar-refractivity contribution in [2.45, 2.75) is 5.41 Å². The van der Waals surface area contributed by atoms with Gasteiger partial charge in [0.1, 0.15) is 0 Å². The lowest BCUT2D eigenvalue weighted by Crippen LogP contribution is -2.28. The van der Waals surface area contributed by atoms with Gasteiger partial charge in [0.2, 0.25) is 0 Å². The smallest absolute Gasteiger partial charge is 0.0622 e. The normalized spacial score (nSPS) is 13.2. The topological polar surface area (TPSA) is 0 Å². The van der Waals surface area contributed by atoms with Crippen LogP contribution < -0.4 is 0 Å². The zero-order valence-electron chi connectivity index (χ0n) is 30.1. The first-order chi connectivity index (χ1) is 27.3. The largest absolute Gasteiger partial charge is 0.0714 e. The summed E-state index contributed by atoms with van der Waals surface area (Å²) in [5.41, 5.74) is 12.3. The maximum Gasteiger partial charge on any atom is 0.0714 e. The predicted octanol–water partition coefficient (Wildman–Crippen LogP) is 14.6. The summed E-state index contributed by atoms with van der Waals surface area (Å²) in [6.07, 6.45) is 0. The van der Waals surface area contributed by atoms with Gasteiger partial charge < -0.3 is 0 Å². The minimum atomic E-state index is -0.528. The van der Waals surface area contributed by atoms with E-state index >= 15 is 0 Å². The molecule has 1 aliphatic carbocycles. The Morgan fingerprint density at radius 2 is 0.782 bits per heavy atom. The van der Waals surface area contributed by atoms with Crippen molar-refractivity contribution in [1.29, 1.82) is 0 Å². The summed E-state index contributed by atoms with van der Waals surface area (Å²) in [6.45, 7) is 0. The first-order valence-corrected chi connectivity index (χ1v) is 19.2. The van der Waals surface area contributed by atoms with Crippen LogP contribution in [-0.2, 0) is 5.41 Å². The van der Waals surface area contributed by atoms with Gasteiger partial charge in [0.15, 0.2) is 0 Å². The van der Waals surface area contributed by atoms with E-state index in [1.54, 1.807) is 0 Å². The van der Waals surface area contributed by atoms with Gasteiger partial charge >= 0.3 is 0 Å². The molecule has 0 heterocycles. The third kappa shape index (κ3) is 4.28. The molecule has 0 saturated carbocycles. The first kappa shape index (κ1) is 30.4. The Labute approximate surface area is 319 Å². The van der Waals surface area contributed by atoms with Crippen LogP contribution in [0.4, 0.5) is 0 Å². The molecule has 0 saturated heterocycles. The zero-order valence-corrected chi connectivity index (χ0v) is 30.1. The van der Waals surface area contributed by atoms with Gasteiger partial charge in [-0.1, -0.05) is 176 Å². The van der Waals surface area contributed by atoms with Crippen LogP contribution in [0.2, 0.25) is 0 Å². The fraction of sp³-hybridized carbons (Fsp3) is 0.0182. The lowest BCUT2D eigenvalue weighted by Gasteiger charge is -2.34. The standard InChI is InChI=1S/C55H34/c1-3-17-43(18-4-1)55(44-19-5-2-6-20-44)51-33-38(42-30-40-26-24-36-14-9-15-37-25-27-41(31-42)54(40)53(36)37)28-29-48(51)50-32-39-16-11-23-47(49(39)34-52(50)55)46-22-10-13-35-12-7-8-21-45(35)46/h1-34H. The Bertz CT molecular complexity index is 3190. The molecular formula is C55H34. The van der Waals surface area contributed by atoms with Crippen LogP contribution in [-0.4, -0.2) is 0 Å². The van der Waals surface area contributed by atoms with Gasteiger partial charge in [0.25, 0.3) is 0 Å². The Balaban J connectivity index is 1.15. The molecule has 0 radical (unpaired) electrons. The Kier molecular flexibility index (Phi) is 6.36. The third-order valence-corrected chi connectivity index (χ3v) is 12.4. The van der Waals surface area contributed by atoms with E-state index in [9.17, 15) is 0 Å². The fourth-order valence-electron chi connectivity index (χ4n) is 10.1. The average molecular weight is 695 g/mol. The van der Waals surface area contributed by atoms with Crippen LogP contribution in [0.5, 0.6) is 0 Å². The van der Waals surface area contributed by atoms with Crippen molar-refractivity contribution in [1.82, 2.24) is 0 Å². The number of rotatable bonds is 4. The van der Waals surface area contributed by atoms with Crippen molar-refractivity contribution >= 4 is 53.9 Å². The number of benzene rings is 11. The van der Waals surface area contributed by atoms with E-state index in [2.05, 4.69) is 206 Å². The minimum Gasteiger partial charge on any atom is -0.0622 e. The van der Waals surface area contributed by atoms with Crippen molar-refractivity contribution in [3.05, 3.63) is 229 Å². The predicted molar refractivity (Wildman–Crippen MR) is 233 cm³/mol. The summed E-state index contributed by atoms with van der Waals surface area (Å²) in [5.74, 6) is 0. The van der Waals surface area contributed by atoms with Crippen LogP contribution in [0, 0.1) is 0 Å². The van der Waals surface area contributed by atoms with Crippen molar-refractivity contribution in [2.75, 3.05) is 0 Å². The van der Waals surface area contributed by atoms with Crippen LogP contribution in [0.25, 0.3) is 87.2 Å². The van der Waals surface area contributed by atoms with E-state index in [4.69, 9.17) is 0 Å². The summed E-state index contributed by atoms with van der Waals surface area (Å²) in [6, 6.07) is 77.4. The molecular weight excluding hydrogens is 661 g/mol. The Hall–Kier alpha value is -7.02. The van der Waals surface area contributed by atoms with E-state index in [0.29, 0.717) is 0 Å². The van der Waals surface area contributed by atoms with Gasteiger partial charge in [-0.3, -0.25) is 0 Å². The maximum atomic E-state index is 2.52. The van der Waals surface area contributed by atoms with Crippen molar-refractivity contribution < 1.29 is 0 Å². The molecule has 12 rings (SSSR count). The third-order valence-electron chi connectivity index (χ3n) is 12.4. The highest BCUT2D eigenvalue weighted by atomic mass is 14.5. The lowest BCUT2D eigenvalue weighted by molar-refractivity contribution is 0.770. The Morgan fingerprint density at radius 1 is 0.255 bits per heavy atom. The molecule has 0 fully saturated rings. The molecule has 0 N–H and O–H groups in total. The molecule has 0 unspecified atom stereocenters. The highest BCUT2D eigenvalue weighted by molar-refractivity contribution is 6.23. The minimum absolute atomic E-state index is 0.528. The second-order valence-electron chi connectivity index (χ2n) is 15.2. The SMILES string of the molecule is c1ccc(C2(c3ccccc3)c3cc(-c4cc5ccc6cccc7ccc(c4)c5c67)ccc3-c3cc4cccc(-c5cccc6ccccc56)c4cc32)cc1. The van der Waals surface area contributed by atoms with E-state index in [1.807, 2.05) is 0 Å². The molecule has 0 nitrogen and oxygen atoms in total. The molecule has 55 heavy (non-hydrogen) atoms. The number of hydrogen-bond acceptors (Lipinski definition) is 0. The molecule has 0 aliphatic heterocycles. The van der Waals surface area contributed by atoms with Gasteiger partial charge in [-0.2, -0.15) is 0 Å². The average Bonchev–Trinajstić information content (AvgIpc) is 3.54. The van der Waals surface area contributed by atoms with Gasteiger partial charge in [-0.25, -0.2) is 0 Å². The molecule has 11 aromatic rings. The summed E-state index contributed by atoms with van der Waals surface area (Å²) in [4.78, 5) is 0. The van der Waals surface area contributed by atoms with Crippen LogP contribution in [0.15, 0.2) is 206 Å². The monoisotopic (exact) mass is 694 g/mol. The van der Waals surface area contributed by atoms with Crippen molar-refractivity contribution in [3.63, 3.8) is 0 Å². The molecule has 0 spiro atoms. The van der Waals surface area contributed by atoms with Crippen LogP contribution >= 0.6 is 0 Å². The van der Waals surface area contributed by atoms with Crippen LogP contribution in [0.1, 0.15) is 22.3 Å². The molecule has 254 valence electrons. The van der Waals surface area contributed by atoms with Gasteiger partial charge in [0.05, 0.1) is 5.41 Å². The summed E-state index contributed by atoms with van der Waals surface area (Å²) < 4.78 is 0. The van der Waals surface area contributed by atoms with Crippen molar-refractivity contribution in [3.8, 4) is 33.4 Å². The second-order valence-corrected chi connectivity index (χ2v) is 15.2. The molecule has 0 atom stereocenters. The quantitative estimate of drug-likeness (QED) is 0.161. The number of fused-ring (bicyclic) bond motifs is 5. The lowest BCUT2D eigenvalue weighted by atomic mass is 9.67. The maximum absolute atomic E-state index is 2.52. The van der Waals surface area contributed by atoms with Gasteiger partial charge in [-0.15, -0.1) is 0 Å². The van der Waals surface area contributed by atoms with E-state index in [1.165, 1.54) is 109 Å². The second kappa shape index (κ2) is 11.5. The molecule has 0 heteroatoms. The van der Waals surface area contributed by atoms with Gasteiger partial charge in [-0.05, 0) is 140 Å². The van der Waals surface area contributed by atoms with E-state index < -0.39 is 5.41 Å². The molecule has 0 bridgehead atoms. The summed E-state index contributed by atoms with van der Waals surface area (Å²) >= 11 is 0. The fourth-order valence-corrected chi connectivity index (χ4v) is 10.1. The summed E-state index contributed by atoms with van der Waals surface area (Å²) in [5, 5.41) is 12.9. The first-order valence-electron chi connectivity index (χ1n) is 19.2. The highest BCUT2D eigenvalue weighted by Crippen LogP contribution is 2.58. The molecule has 0 amide bonds. The summed E-state index contributed by atoms with van der Waals surface area (Å²) in [7, 11) is 0. The molecule has 1 aliphatic rings. The highest BCUT2D eigenvalue weighted by Gasteiger charge is 2.46. The molecule has 11 aromatic carbocycles. The van der Waals surface area contributed by atoms with E-state index in [0.717, 1.165) is 0 Å². The number of hydrogen-bond donors (Lipinski definition) is 0. The molecule has 0 aromatic heterocycles. The van der Waals surface area contributed by atoms with Gasteiger partial charge in [0, 0.05) is 0 Å².